The Morgan fingerprint density at radius 1 is 1.36 bits per heavy atom. The quantitative estimate of drug-likeness (QED) is 0.522. The number of hydrogen-bond acceptors (Lipinski definition) is 2. The summed E-state index contributed by atoms with van der Waals surface area (Å²) in [6.07, 6.45) is 1.80. The SMILES string of the molecule is C=NC(=NC(=O)c1ccccc1)SC. The van der Waals surface area contributed by atoms with Crippen LogP contribution in [0.15, 0.2) is 40.3 Å². The third-order valence-corrected chi connectivity index (χ3v) is 2.12. The number of hydrogen-bond donors (Lipinski definition) is 0. The average Bonchev–Trinajstić information content (AvgIpc) is 2.26. The monoisotopic (exact) mass is 206 g/mol. The van der Waals surface area contributed by atoms with E-state index in [1.807, 2.05) is 6.07 Å². The first kappa shape index (κ1) is 10.7. The van der Waals surface area contributed by atoms with Gasteiger partial charge in [-0.15, -0.1) is 0 Å². The van der Waals surface area contributed by atoms with Gasteiger partial charge in [-0.3, -0.25) is 4.79 Å². The number of aliphatic imine (C=N–C) groups is 2. The van der Waals surface area contributed by atoms with Gasteiger partial charge in [0, 0.05) is 5.56 Å². The molecular weight excluding hydrogens is 196 g/mol. The van der Waals surface area contributed by atoms with Crippen LogP contribution in [0.5, 0.6) is 0 Å². The molecule has 0 aliphatic heterocycles. The van der Waals surface area contributed by atoms with E-state index in [9.17, 15) is 4.79 Å². The van der Waals surface area contributed by atoms with Crippen LogP contribution < -0.4 is 0 Å². The molecule has 1 aromatic rings. The number of amides is 1. The second-order valence-electron chi connectivity index (χ2n) is 2.43. The highest BCUT2D eigenvalue weighted by Crippen LogP contribution is 2.05. The lowest BCUT2D eigenvalue weighted by molar-refractivity contribution is 0.100. The first-order chi connectivity index (χ1) is 6.77. The van der Waals surface area contributed by atoms with Crippen LogP contribution >= 0.6 is 11.8 Å². The molecule has 0 heterocycles. The summed E-state index contributed by atoms with van der Waals surface area (Å²) in [7, 11) is 0. The minimum Gasteiger partial charge on any atom is -0.267 e. The Morgan fingerprint density at radius 2 is 2.00 bits per heavy atom. The largest absolute Gasteiger partial charge is 0.279 e. The normalized spacial score (nSPS) is 11.1. The molecule has 0 aromatic heterocycles. The zero-order valence-corrected chi connectivity index (χ0v) is 8.62. The predicted octanol–water partition coefficient (Wildman–Crippen LogP) is 2.25. The third kappa shape index (κ3) is 2.81. The van der Waals surface area contributed by atoms with Crippen molar-refractivity contribution in [3.8, 4) is 0 Å². The summed E-state index contributed by atoms with van der Waals surface area (Å²) in [4.78, 5) is 18.9. The zero-order valence-electron chi connectivity index (χ0n) is 7.80. The molecule has 72 valence electrons. The molecule has 0 atom stereocenters. The smallest absolute Gasteiger partial charge is 0.267 e. The Bertz CT molecular complexity index is 360. The zero-order chi connectivity index (χ0) is 10.4. The summed E-state index contributed by atoms with van der Waals surface area (Å²) in [5.74, 6) is -0.289. The van der Waals surface area contributed by atoms with Crippen LogP contribution in [0.1, 0.15) is 10.4 Å². The lowest BCUT2D eigenvalue weighted by atomic mass is 10.2. The van der Waals surface area contributed by atoms with E-state index >= 15 is 0 Å². The Hall–Kier alpha value is -1.42. The van der Waals surface area contributed by atoms with Crippen molar-refractivity contribution < 1.29 is 4.79 Å². The highest BCUT2D eigenvalue weighted by atomic mass is 32.2. The van der Waals surface area contributed by atoms with Crippen LogP contribution in [0.2, 0.25) is 0 Å². The Balaban J connectivity index is 2.87. The molecule has 0 unspecified atom stereocenters. The molecule has 1 aromatic carbocycles. The Kier molecular flexibility index (Phi) is 4.07. The maximum atomic E-state index is 11.5. The number of rotatable bonds is 1. The van der Waals surface area contributed by atoms with E-state index in [0.29, 0.717) is 10.7 Å². The molecule has 0 aliphatic carbocycles. The highest BCUT2D eigenvalue weighted by molar-refractivity contribution is 8.13. The molecule has 1 amide bonds. The lowest BCUT2D eigenvalue weighted by Gasteiger charge is -1.95. The third-order valence-electron chi connectivity index (χ3n) is 1.54. The summed E-state index contributed by atoms with van der Waals surface area (Å²) in [5, 5.41) is 0.388. The van der Waals surface area contributed by atoms with Crippen LogP contribution in [0, 0.1) is 0 Å². The fraction of sp³-hybridized carbons (Fsp3) is 0.100. The second kappa shape index (κ2) is 5.34. The van der Waals surface area contributed by atoms with Crippen molar-refractivity contribution >= 4 is 29.6 Å². The van der Waals surface area contributed by atoms with E-state index in [1.54, 1.807) is 30.5 Å². The predicted molar refractivity (Wildman–Crippen MR) is 61.3 cm³/mol. The maximum absolute atomic E-state index is 11.5. The molecule has 0 N–H and O–H groups in total. The van der Waals surface area contributed by atoms with Gasteiger partial charge in [0.2, 0.25) is 0 Å². The van der Waals surface area contributed by atoms with Gasteiger partial charge in [-0.2, -0.15) is 4.99 Å². The fourth-order valence-electron chi connectivity index (χ4n) is 0.878. The van der Waals surface area contributed by atoms with E-state index in [-0.39, 0.29) is 5.91 Å². The average molecular weight is 206 g/mol. The first-order valence-electron chi connectivity index (χ1n) is 3.96. The summed E-state index contributed by atoms with van der Waals surface area (Å²) in [6.45, 7) is 3.32. The number of nitrogens with zero attached hydrogens (tertiary/aromatic N) is 2. The van der Waals surface area contributed by atoms with Crippen LogP contribution in [-0.4, -0.2) is 24.0 Å². The van der Waals surface area contributed by atoms with Gasteiger partial charge in [0.15, 0.2) is 5.17 Å². The van der Waals surface area contributed by atoms with E-state index in [1.165, 1.54) is 11.8 Å². The Morgan fingerprint density at radius 3 is 2.50 bits per heavy atom. The topological polar surface area (TPSA) is 41.8 Å². The molecule has 0 spiro atoms. The van der Waals surface area contributed by atoms with Crippen LogP contribution in [0.3, 0.4) is 0 Å². The van der Waals surface area contributed by atoms with Gasteiger partial charge in [-0.1, -0.05) is 30.0 Å². The molecule has 1 rings (SSSR count). The van der Waals surface area contributed by atoms with Crippen molar-refractivity contribution in [2.75, 3.05) is 6.26 Å². The molecule has 0 aliphatic rings. The number of amidine groups is 1. The first-order valence-corrected chi connectivity index (χ1v) is 5.19. The van der Waals surface area contributed by atoms with Gasteiger partial charge in [-0.05, 0) is 25.1 Å². The summed E-state index contributed by atoms with van der Waals surface area (Å²) in [5.41, 5.74) is 0.558. The van der Waals surface area contributed by atoms with Crippen molar-refractivity contribution in [1.29, 1.82) is 0 Å². The second-order valence-corrected chi connectivity index (χ2v) is 3.20. The fourth-order valence-corrected chi connectivity index (χ4v) is 1.18. The van der Waals surface area contributed by atoms with Crippen molar-refractivity contribution in [3.63, 3.8) is 0 Å². The van der Waals surface area contributed by atoms with E-state index in [4.69, 9.17) is 0 Å². The van der Waals surface area contributed by atoms with E-state index in [2.05, 4.69) is 16.7 Å². The standard InChI is InChI=1S/C10H10N2OS/c1-11-10(14-2)12-9(13)8-6-4-3-5-7-8/h3-7H,1H2,2H3. The molecule has 4 heteroatoms. The van der Waals surface area contributed by atoms with Crippen molar-refractivity contribution in [3.05, 3.63) is 35.9 Å². The van der Waals surface area contributed by atoms with Gasteiger partial charge in [0.25, 0.3) is 5.91 Å². The van der Waals surface area contributed by atoms with Gasteiger partial charge >= 0.3 is 0 Å². The molecule has 0 radical (unpaired) electrons. The lowest BCUT2D eigenvalue weighted by Crippen LogP contribution is -1.98. The highest BCUT2D eigenvalue weighted by Gasteiger charge is 2.03. The molecule has 0 bridgehead atoms. The van der Waals surface area contributed by atoms with Crippen LogP contribution in [0.25, 0.3) is 0 Å². The van der Waals surface area contributed by atoms with Gasteiger partial charge < -0.3 is 0 Å². The Labute approximate surface area is 87.0 Å². The summed E-state index contributed by atoms with van der Waals surface area (Å²) < 4.78 is 0. The molecular formula is C10H10N2OS. The van der Waals surface area contributed by atoms with Gasteiger partial charge in [0.1, 0.15) is 0 Å². The minimum atomic E-state index is -0.289. The number of benzene rings is 1. The molecule has 3 nitrogen and oxygen atoms in total. The van der Waals surface area contributed by atoms with Crippen molar-refractivity contribution in [1.82, 2.24) is 0 Å². The van der Waals surface area contributed by atoms with Crippen molar-refractivity contribution in [2.24, 2.45) is 9.98 Å². The van der Waals surface area contributed by atoms with Crippen LogP contribution in [-0.2, 0) is 0 Å². The van der Waals surface area contributed by atoms with Gasteiger partial charge in [0.05, 0.1) is 0 Å². The molecule has 0 fully saturated rings. The summed E-state index contributed by atoms with van der Waals surface area (Å²) in [6, 6.07) is 8.87. The van der Waals surface area contributed by atoms with E-state index < -0.39 is 0 Å². The maximum Gasteiger partial charge on any atom is 0.279 e. The van der Waals surface area contributed by atoms with Gasteiger partial charge in [-0.25, -0.2) is 4.99 Å². The minimum absolute atomic E-state index is 0.289. The van der Waals surface area contributed by atoms with Crippen LogP contribution in [0.4, 0.5) is 0 Å². The number of carbonyl (C=O) groups excluding carboxylic acids is 1. The number of carbonyl (C=O) groups is 1. The molecule has 0 saturated heterocycles. The molecule has 0 saturated carbocycles. The van der Waals surface area contributed by atoms with E-state index in [0.717, 1.165) is 0 Å². The van der Waals surface area contributed by atoms with Crippen molar-refractivity contribution in [2.45, 2.75) is 0 Å². The summed E-state index contributed by atoms with van der Waals surface area (Å²) >= 11 is 1.29. The molecule has 14 heavy (non-hydrogen) atoms. The number of thioether (sulfide) groups is 1.